The van der Waals surface area contributed by atoms with Crippen molar-refractivity contribution in [2.45, 2.75) is 25.8 Å². The van der Waals surface area contributed by atoms with Gasteiger partial charge in [-0.15, -0.1) is 10.2 Å². The highest BCUT2D eigenvalue weighted by Crippen LogP contribution is 2.28. The molecule has 1 N–H and O–H groups in total. The lowest BCUT2D eigenvalue weighted by Crippen LogP contribution is -2.39. The van der Waals surface area contributed by atoms with E-state index in [9.17, 15) is 0 Å². The van der Waals surface area contributed by atoms with Gasteiger partial charge < -0.3 is 19.7 Å². The summed E-state index contributed by atoms with van der Waals surface area (Å²) in [7, 11) is 3.34. The molecule has 1 fully saturated rings. The normalized spacial score (nSPS) is 15.5. The summed E-state index contributed by atoms with van der Waals surface area (Å²) in [6.07, 6.45) is 2.14. The van der Waals surface area contributed by atoms with Crippen molar-refractivity contribution in [3.8, 4) is 11.5 Å². The van der Waals surface area contributed by atoms with Crippen LogP contribution in [0.4, 0.5) is 10.8 Å². The second kappa shape index (κ2) is 7.04. The Morgan fingerprint density at radius 2 is 1.74 bits per heavy atom. The minimum Gasteiger partial charge on any atom is -0.497 e. The van der Waals surface area contributed by atoms with Gasteiger partial charge in [-0.2, -0.15) is 0 Å². The van der Waals surface area contributed by atoms with Crippen molar-refractivity contribution in [2.24, 2.45) is 0 Å². The molecule has 6 nitrogen and oxygen atoms in total. The highest BCUT2D eigenvalue weighted by molar-refractivity contribution is 7.15. The van der Waals surface area contributed by atoms with E-state index in [1.54, 1.807) is 25.6 Å². The van der Waals surface area contributed by atoms with Crippen LogP contribution in [0.2, 0.25) is 0 Å². The van der Waals surface area contributed by atoms with Crippen molar-refractivity contribution in [1.82, 2.24) is 10.2 Å². The SMILES string of the molecule is COc1cc(NC2CCN(c3nnc(C)s3)CC2)cc(OC)c1. The van der Waals surface area contributed by atoms with Crippen molar-refractivity contribution in [1.29, 1.82) is 0 Å². The fraction of sp³-hybridized carbons (Fsp3) is 0.500. The summed E-state index contributed by atoms with van der Waals surface area (Å²) in [6, 6.07) is 6.33. The van der Waals surface area contributed by atoms with Gasteiger partial charge in [-0.25, -0.2) is 0 Å². The Morgan fingerprint density at radius 1 is 1.09 bits per heavy atom. The number of aromatic nitrogens is 2. The Balaban J connectivity index is 1.60. The van der Waals surface area contributed by atoms with E-state index in [0.717, 1.165) is 53.3 Å². The number of nitrogens with one attached hydrogen (secondary N) is 1. The highest BCUT2D eigenvalue weighted by Gasteiger charge is 2.21. The van der Waals surface area contributed by atoms with Crippen molar-refractivity contribution < 1.29 is 9.47 Å². The molecule has 0 amide bonds. The number of piperidine rings is 1. The first-order chi connectivity index (χ1) is 11.2. The first-order valence-corrected chi connectivity index (χ1v) is 8.54. The topological polar surface area (TPSA) is 59.5 Å². The smallest absolute Gasteiger partial charge is 0.208 e. The number of ether oxygens (including phenoxy) is 2. The molecule has 23 heavy (non-hydrogen) atoms. The second-order valence-electron chi connectivity index (χ2n) is 5.61. The van der Waals surface area contributed by atoms with Gasteiger partial charge in [0.2, 0.25) is 5.13 Å². The Bertz CT molecular complexity index is 631. The molecular weight excluding hydrogens is 312 g/mol. The molecular formula is C16H22N4O2S. The average molecular weight is 334 g/mol. The zero-order chi connectivity index (χ0) is 16.2. The summed E-state index contributed by atoms with van der Waals surface area (Å²) in [5.74, 6) is 1.60. The van der Waals surface area contributed by atoms with Crippen molar-refractivity contribution in [3.63, 3.8) is 0 Å². The van der Waals surface area contributed by atoms with Crippen LogP contribution in [0.3, 0.4) is 0 Å². The van der Waals surface area contributed by atoms with Gasteiger partial charge in [0, 0.05) is 43.0 Å². The number of methoxy groups -OCH3 is 2. The molecule has 0 radical (unpaired) electrons. The molecule has 0 spiro atoms. The lowest BCUT2D eigenvalue weighted by Gasteiger charge is -2.32. The van der Waals surface area contributed by atoms with E-state index in [1.807, 2.05) is 25.1 Å². The first-order valence-electron chi connectivity index (χ1n) is 7.72. The number of rotatable bonds is 5. The number of nitrogens with zero attached hydrogens (tertiary/aromatic N) is 3. The molecule has 1 aromatic carbocycles. The van der Waals surface area contributed by atoms with E-state index < -0.39 is 0 Å². The molecule has 1 aliphatic heterocycles. The standard InChI is InChI=1S/C16H22N4O2S/c1-11-18-19-16(23-11)20-6-4-12(5-7-20)17-13-8-14(21-2)10-15(9-13)22-3/h8-10,12,17H,4-7H2,1-3H3. The maximum absolute atomic E-state index is 5.32. The summed E-state index contributed by atoms with van der Waals surface area (Å²) >= 11 is 1.66. The van der Waals surface area contributed by atoms with Crippen LogP contribution in [0.15, 0.2) is 18.2 Å². The van der Waals surface area contributed by atoms with Crippen LogP contribution in [0, 0.1) is 6.92 Å². The van der Waals surface area contributed by atoms with Gasteiger partial charge in [-0.05, 0) is 19.8 Å². The number of aryl methyl sites for hydroxylation is 1. The summed E-state index contributed by atoms with van der Waals surface area (Å²) < 4.78 is 10.6. The molecule has 0 aliphatic carbocycles. The van der Waals surface area contributed by atoms with Crippen LogP contribution in [0.5, 0.6) is 11.5 Å². The Hall–Kier alpha value is -2.02. The molecule has 1 saturated heterocycles. The third-order valence-corrected chi connectivity index (χ3v) is 4.90. The minimum atomic E-state index is 0.442. The molecule has 0 bridgehead atoms. The quantitative estimate of drug-likeness (QED) is 0.907. The van der Waals surface area contributed by atoms with E-state index in [4.69, 9.17) is 9.47 Å². The van der Waals surface area contributed by atoms with E-state index in [2.05, 4.69) is 20.4 Å². The second-order valence-corrected chi connectivity index (χ2v) is 6.77. The van der Waals surface area contributed by atoms with Crippen LogP contribution in [-0.2, 0) is 0 Å². The van der Waals surface area contributed by atoms with E-state index in [1.165, 1.54) is 0 Å². The van der Waals surface area contributed by atoms with E-state index in [-0.39, 0.29) is 0 Å². The predicted molar refractivity (Wildman–Crippen MR) is 93.0 cm³/mol. The summed E-state index contributed by atoms with van der Waals surface area (Å²) in [6.45, 7) is 3.98. The zero-order valence-electron chi connectivity index (χ0n) is 13.7. The Morgan fingerprint density at radius 3 is 2.26 bits per heavy atom. The molecule has 1 aliphatic rings. The third kappa shape index (κ3) is 3.85. The van der Waals surface area contributed by atoms with Crippen molar-refractivity contribution in [2.75, 3.05) is 37.5 Å². The molecule has 2 aromatic rings. The molecule has 0 unspecified atom stereocenters. The summed E-state index contributed by atoms with van der Waals surface area (Å²) in [5, 5.41) is 14.0. The van der Waals surface area contributed by atoms with E-state index in [0.29, 0.717) is 6.04 Å². The van der Waals surface area contributed by atoms with Crippen LogP contribution in [0.25, 0.3) is 0 Å². The molecule has 7 heteroatoms. The largest absolute Gasteiger partial charge is 0.497 e. The highest BCUT2D eigenvalue weighted by atomic mass is 32.1. The van der Waals surface area contributed by atoms with E-state index >= 15 is 0 Å². The van der Waals surface area contributed by atoms with Gasteiger partial charge in [0.25, 0.3) is 0 Å². The van der Waals surface area contributed by atoms with Gasteiger partial charge in [-0.1, -0.05) is 11.3 Å². The number of benzene rings is 1. The Kier molecular flexibility index (Phi) is 4.85. The molecule has 0 saturated carbocycles. The molecule has 3 rings (SSSR count). The summed E-state index contributed by atoms with van der Waals surface area (Å²) in [4.78, 5) is 2.31. The predicted octanol–water partition coefficient (Wildman–Crippen LogP) is 2.94. The number of hydrogen-bond donors (Lipinski definition) is 1. The first kappa shape index (κ1) is 15.9. The van der Waals surface area contributed by atoms with Crippen LogP contribution in [0.1, 0.15) is 17.8 Å². The molecule has 124 valence electrons. The monoisotopic (exact) mass is 334 g/mol. The van der Waals surface area contributed by atoms with Gasteiger partial charge >= 0.3 is 0 Å². The Labute approximate surface area is 140 Å². The third-order valence-electron chi connectivity index (χ3n) is 4.00. The van der Waals surface area contributed by atoms with Gasteiger partial charge in [0.05, 0.1) is 14.2 Å². The van der Waals surface area contributed by atoms with Crippen molar-refractivity contribution in [3.05, 3.63) is 23.2 Å². The van der Waals surface area contributed by atoms with Crippen molar-refractivity contribution >= 4 is 22.2 Å². The fourth-order valence-electron chi connectivity index (χ4n) is 2.76. The van der Waals surface area contributed by atoms with Gasteiger partial charge in [0.1, 0.15) is 16.5 Å². The zero-order valence-corrected chi connectivity index (χ0v) is 14.5. The minimum absolute atomic E-state index is 0.442. The maximum atomic E-state index is 5.32. The number of anilines is 2. The lowest BCUT2D eigenvalue weighted by atomic mass is 10.0. The maximum Gasteiger partial charge on any atom is 0.208 e. The molecule has 1 aromatic heterocycles. The molecule has 2 heterocycles. The summed E-state index contributed by atoms with van der Waals surface area (Å²) in [5.41, 5.74) is 1.03. The fourth-order valence-corrected chi connectivity index (χ4v) is 3.49. The van der Waals surface area contributed by atoms with Crippen LogP contribution >= 0.6 is 11.3 Å². The van der Waals surface area contributed by atoms with Gasteiger partial charge in [0.15, 0.2) is 0 Å². The number of hydrogen-bond acceptors (Lipinski definition) is 7. The van der Waals surface area contributed by atoms with Crippen LogP contribution < -0.4 is 19.7 Å². The van der Waals surface area contributed by atoms with Gasteiger partial charge in [-0.3, -0.25) is 0 Å². The molecule has 0 atom stereocenters. The lowest BCUT2D eigenvalue weighted by molar-refractivity contribution is 0.394. The average Bonchev–Trinajstić information content (AvgIpc) is 3.01. The van der Waals surface area contributed by atoms with Crippen LogP contribution in [-0.4, -0.2) is 43.5 Å².